The molecule has 1 aliphatic rings. The minimum Gasteiger partial charge on any atom is -0.507 e. The summed E-state index contributed by atoms with van der Waals surface area (Å²) in [7, 11) is 0. The molecule has 0 spiro atoms. The van der Waals surface area contributed by atoms with E-state index >= 15 is 0 Å². The number of hydrogen-bond acceptors (Lipinski definition) is 6. The third-order valence-electron chi connectivity index (χ3n) is 4.51. The van der Waals surface area contributed by atoms with Crippen LogP contribution in [0.1, 0.15) is 0 Å². The molecule has 128 valence electrons. The maximum absolute atomic E-state index is 10.1. The predicted molar refractivity (Wildman–Crippen MR) is 103 cm³/mol. The number of rotatable bonds is 0. The van der Waals surface area contributed by atoms with Crippen LogP contribution < -0.4 is 0 Å². The summed E-state index contributed by atoms with van der Waals surface area (Å²) in [6, 6.07) is 13.4. The highest BCUT2D eigenvalue weighted by Gasteiger charge is 2.21. The minimum absolute atomic E-state index is 0.123. The Balaban J connectivity index is 1.74. The summed E-state index contributed by atoms with van der Waals surface area (Å²) >= 11 is 3.07. The van der Waals surface area contributed by atoms with Gasteiger partial charge in [-0.2, -0.15) is 0 Å². The first-order chi connectivity index (χ1) is 12.5. The van der Waals surface area contributed by atoms with Crippen molar-refractivity contribution in [3.05, 3.63) is 48.5 Å². The van der Waals surface area contributed by atoms with Gasteiger partial charge in [-0.3, -0.25) is 0 Å². The molecule has 6 heteroatoms. The number of phenols is 4. The van der Waals surface area contributed by atoms with Gasteiger partial charge in [0, 0.05) is 41.1 Å². The van der Waals surface area contributed by atoms with Gasteiger partial charge < -0.3 is 20.4 Å². The molecule has 4 N–H and O–H groups in total. The molecule has 0 fully saturated rings. The van der Waals surface area contributed by atoms with E-state index < -0.39 is 0 Å². The highest BCUT2D eigenvalue weighted by atomic mass is 32.2. The van der Waals surface area contributed by atoms with E-state index in [9.17, 15) is 20.4 Å². The molecule has 0 aliphatic carbocycles. The summed E-state index contributed by atoms with van der Waals surface area (Å²) in [6.45, 7) is 0. The molecule has 5 rings (SSSR count). The lowest BCUT2D eigenvalue weighted by Gasteiger charge is -2.20. The van der Waals surface area contributed by atoms with E-state index in [1.807, 2.05) is 24.3 Å². The van der Waals surface area contributed by atoms with Gasteiger partial charge >= 0.3 is 0 Å². The van der Waals surface area contributed by atoms with Crippen LogP contribution in [0.3, 0.4) is 0 Å². The average molecular weight is 380 g/mol. The zero-order valence-electron chi connectivity index (χ0n) is 13.2. The standard InChI is InChI=1S/C20H12O4S2/c21-13-1-2-14(22)10-6-18-17(5-9(10)13)25-19-7-11-12(8-20(19)26-18)16(24)4-3-15(11)23/h1-8,21-24H. The van der Waals surface area contributed by atoms with Crippen LogP contribution in [0.25, 0.3) is 21.5 Å². The molecule has 4 nitrogen and oxygen atoms in total. The van der Waals surface area contributed by atoms with E-state index in [0.717, 1.165) is 19.6 Å². The van der Waals surface area contributed by atoms with Crippen LogP contribution in [0.5, 0.6) is 23.0 Å². The van der Waals surface area contributed by atoms with Gasteiger partial charge in [-0.1, -0.05) is 23.5 Å². The molecule has 0 unspecified atom stereocenters. The van der Waals surface area contributed by atoms with Crippen molar-refractivity contribution < 1.29 is 20.4 Å². The lowest BCUT2D eigenvalue weighted by molar-refractivity contribution is 0.469. The van der Waals surface area contributed by atoms with Gasteiger partial charge in [0.25, 0.3) is 0 Å². The zero-order valence-corrected chi connectivity index (χ0v) is 14.9. The summed E-state index contributed by atoms with van der Waals surface area (Å²) in [5, 5.41) is 42.8. The second-order valence-corrected chi connectivity index (χ2v) is 8.27. The zero-order chi connectivity index (χ0) is 18.0. The first-order valence-electron chi connectivity index (χ1n) is 7.84. The summed E-state index contributed by atoms with van der Waals surface area (Å²) < 4.78 is 0. The molecule has 0 saturated heterocycles. The summed E-state index contributed by atoms with van der Waals surface area (Å²) in [5.41, 5.74) is 0. The molecule has 1 aliphatic heterocycles. The highest BCUT2D eigenvalue weighted by molar-refractivity contribution is 8.05. The Kier molecular flexibility index (Phi) is 3.23. The Hall–Kier alpha value is -2.70. The van der Waals surface area contributed by atoms with Gasteiger partial charge in [-0.05, 0) is 48.5 Å². The number of fused-ring (bicyclic) bond motifs is 4. The fourth-order valence-corrected chi connectivity index (χ4v) is 5.52. The van der Waals surface area contributed by atoms with E-state index in [1.54, 1.807) is 0 Å². The second-order valence-electron chi connectivity index (χ2n) is 6.10. The Labute approximate surface area is 156 Å². The van der Waals surface area contributed by atoms with E-state index in [0.29, 0.717) is 21.5 Å². The maximum Gasteiger partial charge on any atom is 0.123 e. The molecule has 0 bridgehead atoms. The molecule has 1 heterocycles. The SMILES string of the molecule is Oc1ccc(O)c2cc3c(cc12)Sc1cc2c(O)ccc(O)c2cc1S3. The third-order valence-corrected chi connectivity index (χ3v) is 7.00. The Morgan fingerprint density at radius 1 is 0.423 bits per heavy atom. The van der Waals surface area contributed by atoms with Gasteiger partial charge in [0.15, 0.2) is 0 Å². The van der Waals surface area contributed by atoms with Crippen LogP contribution in [0.2, 0.25) is 0 Å². The van der Waals surface area contributed by atoms with Crippen molar-refractivity contribution in [2.24, 2.45) is 0 Å². The molecule has 4 aromatic rings. The quantitative estimate of drug-likeness (QED) is 0.268. The maximum atomic E-state index is 10.1. The van der Waals surface area contributed by atoms with Gasteiger partial charge in [-0.15, -0.1) is 0 Å². The van der Waals surface area contributed by atoms with Gasteiger partial charge in [0.05, 0.1) is 0 Å². The van der Waals surface area contributed by atoms with E-state index in [4.69, 9.17) is 0 Å². The number of phenolic OH excluding ortho intramolecular Hbond substituents is 4. The van der Waals surface area contributed by atoms with E-state index in [2.05, 4.69) is 0 Å². The summed E-state index contributed by atoms with van der Waals surface area (Å²) in [4.78, 5) is 3.87. The molecule has 0 amide bonds. The molecule has 0 aromatic heterocycles. The van der Waals surface area contributed by atoms with Gasteiger partial charge in [0.2, 0.25) is 0 Å². The molecule has 4 aromatic carbocycles. The normalized spacial score (nSPS) is 12.9. The minimum atomic E-state index is 0.123. The van der Waals surface area contributed by atoms with Crippen molar-refractivity contribution in [3.8, 4) is 23.0 Å². The van der Waals surface area contributed by atoms with Crippen LogP contribution in [-0.4, -0.2) is 20.4 Å². The topological polar surface area (TPSA) is 80.9 Å². The van der Waals surface area contributed by atoms with E-state index in [-0.39, 0.29) is 23.0 Å². The summed E-state index contributed by atoms with van der Waals surface area (Å²) in [5.74, 6) is 0.493. The van der Waals surface area contributed by atoms with Crippen LogP contribution in [0, 0.1) is 0 Å². The Bertz CT molecular complexity index is 1040. The van der Waals surface area contributed by atoms with Crippen LogP contribution in [-0.2, 0) is 0 Å². The lowest BCUT2D eigenvalue weighted by atomic mass is 10.1. The van der Waals surface area contributed by atoms with Gasteiger partial charge in [-0.25, -0.2) is 0 Å². The first kappa shape index (κ1) is 15.5. The number of benzene rings is 4. The van der Waals surface area contributed by atoms with E-state index in [1.165, 1.54) is 47.8 Å². The average Bonchev–Trinajstić information content (AvgIpc) is 2.64. The fourth-order valence-electron chi connectivity index (χ4n) is 3.20. The monoisotopic (exact) mass is 380 g/mol. The van der Waals surface area contributed by atoms with Crippen molar-refractivity contribution in [2.45, 2.75) is 19.6 Å². The largest absolute Gasteiger partial charge is 0.507 e. The highest BCUT2D eigenvalue weighted by Crippen LogP contribution is 2.53. The predicted octanol–water partition coefficient (Wildman–Crippen LogP) is 5.43. The van der Waals surface area contributed by atoms with Crippen LogP contribution in [0.4, 0.5) is 0 Å². The summed E-state index contributed by atoms with van der Waals surface area (Å²) in [6.07, 6.45) is 0. The van der Waals surface area contributed by atoms with Crippen molar-refractivity contribution in [3.63, 3.8) is 0 Å². The van der Waals surface area contributed by atoms with Crippen molar-refractivity contribution >= 4 is 45.1 Å². The van der Waals surface area contributed by atoms with Crippen LogP contribution >= 0.6 is 23.5 Å². The molecule has 26 heavy (non-hydrogen) atoms. The lowest BCUT2D eigenvalue weighted by Crippen LogP contribution is -1.91. The number of hydrogen-bond donors (Lipinski definition) is 4. The van der Waals surface area contributed by atoms with Gasteiger partial charge in [0.1, 0.15) is 23.0 Å². The molecule has 0 radical (unpaired) electrons. The number of aromatic hydroxyl groups is 4. The molecule has 0 saturated carbocycles. The Morgan fingerprint density at radius 2 is 0.654 bits per heavy atom. The van der Waals surface area contributed by atoms with Crippen molar-refractivity contribution in [2.75, 3.05) is 0 Å². The second kappa shape index (κ2) is 5.40. The van der Waals surface area contributed by atoms with Crippen LogP contribution in [0.15, 0.2) is 68.1 Å². The fraction of sp³-hybridized carbons (Fsp3) is 0. The van der Waals surface area contributed by atoms with Crippen molar-refractivity contribution in [1.82, 2.24) is 0 Å². The third kappa shape index (κ3) is 2.19. The molecular weight excluding hydrogens is 368 g/mol. The molecular formula is C20H12O4S2. The smallest absolute Gasteiger partial charge is 0.123 e. The molecule has 0 atom stereocenters. The first-order valence-corrected chi connectivity index (χ1v) is 9.47. The van der Waals surface area contributed by atoms with Crippen molar-refractivity contribution in [1.29, 1.82) is 0 Å². The Morgan fingerprint density at radius 3 is 0.885 bits per heavy atom.